The Morgan fingerprint density at radius 3 is 2.67 bits per heavy atom. The summed E-state index contributed by atoms with van der Waals surface area (Å²) in [6.45, 7) is 6.35. The number of anilines is 1. The van der Waals surface area contributed by atoms with Gasteiger partial charge in [-0.3, -0.25) is 4.79 Å². The normalized spacial score (nSPS) is 20.5. The standard InChI is InChI=1S/C22H28N4O4/c1-15-21(30-18-9-5-4-8-17(18)29-15)22(27)23-10-13-28-20-14-19(24-16(2)25-20)26-11-6-3-7-12-26/h4-5,8-9,14-15,21H,3,6-7,10-13H2,1-2H3,(H,23,27). The number of ether oxygens (including phenoxy) is 3. The number of fused-ring (bicyclic) bond motifs is 1. The Balaban J connectivity index is 1.28. The number of aromatic nitrogens is 2. The Morgan fingerprint density at radius 2 is 1.90 bits per heavy atom. The number of para-hydroxylation sites is 2. The topological polar surface area (TPSA) is 85.8 Å². The number of nitrogens with one attached hydrogen (secondary N) is 1. The summed E-state index contributed by atoms with van der Waals surface area (Å²) in [7, 11) is 0. The predicted molar refractivity (Wildman–Crippen MR) is 112 cm³/mol. The summed E-state index contributed by atoms with van der Waals surface area (Å²) >= 11 is 0. The van der Waals surface area contributed by atoms with Gasteiger partial charge in [0.05, 0.1) is 6.54 Å². The number of carbonyl (C=O) groups excluding carboxylic acids is 1. The molecule has 1 aromatic heterocycles. The smallest absolute Gasteiger partial charge is 0.265 e. The molecule has 160 valence electrons. The maximum Gasteiger partial charge on any atom is 0.265 e. The first-order chi connectivity index (χ1) is 14.6. The molecule has 2 aromatic rings. The fraction of sp³-hybridized carbons (Fsp3) is 0.500. The molecule has 4 rings (SSSR count). The number of rotatable bonds is 6. The zero-order valence-corrected chi connectivity index (χ0v) is 17.5. The monoisotopic (exact) mass is 412 g/mol. The van der Waals surface area contributed by atoms with Crippen LogP contribution >= 0.6 is 0 Å². The number of hydrogen-bond acceptors (Lipinski definition) is 7. The minimum absolute atomic E-state index is 0.228. The summed E-state index contributed by atoms with van der Waals surface area (Å²) in [5.74, 6) is 3.11. The summed E-state index contributed by atoms with van der Waals surface area (Å²) in [5, 5.41) is 2.85. The number of hydrogen-bond donors (Lipinski definition) is 1. The van der Waals surface area contributed by atoms with Crippen molar-refractivity contribution in [2.75, 3.05) is 31.1 Å². The Kier molecular flexibility index (Phi) is 6.21. The van der Waals surface area contributed by atoms with Crippen LogP contribution in [0.4, 0.5) is 5.82 Å². The van der Waals surface area contributed by atoms with Crippen LogP contribution in [0, 0.1) is 6.92 Å². The average Bonchev–Trinajstić information content (AvgIpc) is 2.76. The fourth-order valence-electron chi connectivity index (χ4n) is 3.72. The molecule has 1 N–H and O–H groups in total. The summed E-state index contributed by atoms with van der Waals surface area (Å²) in [6, 6.07) is 9.22. The van der Waals surface area contributed by atoms with Gasteiger partial charge in [0.1, 0.15) is 24.4 Å². The first kappa shape index (κ1) is 20.3. The van der Waals surface area contributed by atoms with Gasteiger partial charge in [-0.1, -0.05) is 12.1 Å². The van der Waals surface area contributed by atoms with Crippen molar-refractivity contribution in [2.45, 2.75) is 45.3 Å². The van der Waals surface area contributed by atoms with E-state index in [9.17, 15) is 4.79 Å². The lowest BCUT2D eigenvalue weighted by atomic mass is 10.1. The molecular weight excluding hydrogens is 384 g/mol. The molecule has 3 heterocycles. The highest BCUT2D eigenvalue weighted by Crippen LogP contribution is 2.33. The van der Waals surface area contributed by atoms with Crippen LogP contribution in [-0.2, 0) is 4.79 Å². The molecule has 0 radical (unpaired) electrons. The van der Waals surface area contributed by atoms with Gasteiger partial charge < -0.3 is 24.4 Å². The van der Waals surface area contributed by atoms with Gasteiger partial charge in [-0.2, -0.15) is 4.98 Å². The van der Waals surface area contributed by atoms with E-state index in [2.05, 4.69) is 20.2 Å². The Labute approximate surface area is 176 Å². The highest BCUT2D eigenvalue weighted by Gasteiger charge is 2.33. The van der Waals surface area contributed by atoms with Crippen molar-refractivity contribution in [1.82, 2.24) is 15.3 Å². The van der Waals surface area contributed by atoms with Crippen molar-refractivity contribution in [3.63, 3.8) is 0 Å². The zero-order chi connectivity index (χ0) is 20.9. The summed E-state index contributed by atoms with van der Waals surface area (Å²) in [6.07, 6.45) is 2.55. The molecule has 1 fully saturated rings. The van der Waals surface area contributed by atoms with E-state index in [0.717, 1.165) is 18.9 Å². The van der Waals surface area contributed by atoms with E-state index >= 15 is 0 Å². The zero-order valence-electron chi connectivity index (χ0n) is 17.5. The van der Waals surface area contributed by atoms with Crippen molar-refractivity contribution in [2.24, 2.45) is 0 Å². The second-order valence-corrected chi connectivity index (χ2v) is 7.61. The molecule has 2 unspecified atom stereocenters. The molecule has 1 saturated heterocycles. The SMILES string of the molecule is Cc1nc(OCCNC(=O)C2Oc3ccccc3OC2C)cc(N2CCCCC2)n1. The first-order valence-corrected chi connectivity index (χ1v) is 10.5. The van der Waals surface area contributed by atoms with Crippen LogP contribution in [0.2, 0.25) is 0 Å². The summed E-state index contributed by atoms with van der Waals surface area (Å²) in [4.78, 5) is 23.7. The van der Waals surface area contributed by atoms with Gasteiger partial charge >= 0.3 is 0 Å². The molecule has 30 heavy (non-hydrogen) atoms. The van der Waals surface area contributed by atoms with Crippen LogP contribution in [0.15, 0.2) is 30.3 Å². The third kappa shape index (κ3) is 4.75. The van der Waals surface area contributed by atoms with Crippen LogP contribution in [0.25, 0.3) is 0 Å². The Hall–Kier alpha value is -3.03. The quantitative estimate of drug-likeness (QED) is 0.730. The van der Waals surface area contributed by atoms with Gasteiger partial charge in [0.25, 0.3) is 5.91 Å². The lowest BCUT2D eigenvalue weighted by molar-refractivity contribution is -0.133. The number of benzene rings is 1. The predicted octanol–water partition coefficient (Wildman–Crippen LogP) is 2.50. The van der Waals surface area contributed by atoms with Crippen LogP contribution < -0.4 is 24.4 Å². The van der Waals surface area contributed by atoms with Crippen molar-refractivity contribution < 1.29 is 19.0 Å². The molecule has 0 saturated carbocycles. The summed E-state index contributed by atoms with van der Waals surface area (Å²) < 4.78 is 17.4. The number of carbonyl (C=O) groups is 1. The van der Waals surface area contributed by atoms with Crippen LogP contribution in [0.5, 0.6) is 17.4 Å². The molecular formula is C22H28N4O4. The van der Waals surface area contributed by atoms with Gasteiger partial charge in [0.2, 0.25) is 12.0 Å². The van der Waals surface area contributed by atoms with Crippen molar-refractivity contribution >= 4 is 11.7 Å². The van der Waals surface area contributed by atoms with E-state index in [1.165, 1.54) is 19.3 Å². The molecule has 1 aromatic carbocycles. The van der Waals surface area contributed by atoms with Crippen molar-refractivity contribution in [3.05, 3.63) is 36.2 Å². The second-order valence-electron chi connectivity index (χ2n) is 7.61. The van der Waals surface area contributed by atoms with E-state index in [1.54, 1.807) is 6.07 Å². The van der Waals surface area contributed by atoms with Crippen LogP contribution in [-0.4, -0.2) is 54.3 Å². The van der Waals surface area contributed by atoms with Gasteiger partial charge in [-0.05, 0) is 45.2 Å². The highest BCUT2D eigenvalue weighted by atomic mass is 16.6. The van der Waals surface area contributed by atoms with E-state index in [-0.39, 0.29) is 12.0 Å². The minimum Gasteiger partial charge on any atom is -0.482 e. The largest absolute Gasteiger partial charge is 0.482 e. The molecule has 1 amide bonds. The van der Waals surface area contributed by atoms with Crippen molar-refractivity contribution in [3.8, 4) is 17.4 Å². The number of piperidine rings is 1. The van der Waals surface area contributed by atoms with E-state index in [1.807, 2.05) is 38.1 Å². The van der Waals surface area contributed by atoms with E-state index < -0.39 is 6.10 Å². The van der Waals surface area contributed by atoms with Crippen LogP contribution in [0.1, 0.15) is 32.0 Å². The molecule has 2 atom stereocenters. The number of aryl methyl sites for hydroxylation is 1. The Morgan fingerprint density at radius 1 is 1.17 bits per heavy atom. The lowest BCUT2D eigenvalue weighted by Crippen LogP contribution is -2.49. The van der Waals surface area contributed by atoms with Crippen molar-refractivity contribution in [1.29, 1.82) is 0 Å². The molecule has 2 aliphatic heterocycles. The minimum atomic E-state index is -0.702. The lowest BCUT2D eigenvalue weighted by Gasteiger charge is -2.31. The van der Waals surface area contributed by atoms with E-state index in [0.29, 0.717) is 36.4 Å². The van der Waals surface area contributed by atoms with E-state index in [4.69, 9.17) is 14.2 Å². The molecule has 8 heteroatoms. The molecule has 0 spiro atoms. The third-order valence-corrected chi connectivity index (χ3v) is 5.23. The molecule has 8 nitrogen and oxygen atoms in total. The van der Waals surface area contributed by atoms with Crippen LogP contribution in [0.3, 0.4) is 0 Å². The molecule has 2 aliphatic rings. The molecule has 0 bridgehead atoms. The maximum atomic E-state index is 12.5. The maximum absolute atomic E-state index is 12.5. The number of nitrogens with zero attached hydrogens (tertiary/aromatic N) is 3. The fourth-order valence-corrected chi connectivity index (χ4v) is 3.72. The average molecular weight is 412 g/mol. The first-order valence-electron chi connectivity index (χ1n) is 10.5. The highest BCUT2D eigenvalue weighted by molar-refractivity contribution is 5.82. The second kappa shape index (κ2) is 9.19. The number of amides is 1. The third-order valence-electron chi connectivity index (χ3n) is 5.23. The van der Waals surface area contributed by atoms with Gasteiger partial charge in [-0.25, -0.2) is 4.98 Å². The summed E-state index contributed by atoms with van der Waals surface area (Å²) in [5.41, 5.74) is 0. The van der Waals surface area contributed by atoms with Gasteiger partial charge in [0, 0.05) is 19.2 Å². The Bertz CT molecular complexity index is 885. The van der Waals surface area contributed by atoms with Gasteiger partial charge in [-0.15, -0.1) is 0 Å². The molecule has 0 aliphatic carbocycles. The van der Waals surface area contributed by atoms with Gasteiger partial charge in [0.15, 0.2) is 11.5 Å².